The summed E-state index contributed by atoms with van der Waals surface area (Å²) < 4.78 is 0. The second kappa shape index (κ2) is 20.8. The summed E-state index contributed by atoms with van der Waals surface area (Å²) in [5, 5.41) is 63.8. The fraction of sp³-hybridized carbons (Fsp3) is 0.884. The van der Waals surface area contributed by atoms with Gasteiger partial charge in [0.25, 0.3) is 0 Å². The molecule has 1 saturated heterocycles. The highest BCUT2D eigenvalue weighted by Crippen LogP contribution is 2.68. The molecule has 59 heavy (non-hydrogen) atoms. The van der Waals surface area contributed by atoms with Gasteiger partial charge >= 0.3 is 23.9 Å². The van der Waals surface area contributed by atoms with Gasteiger partial charge in [0.1, 0.15) is 6.04 Å². The van der Waals surface area contributed by atoms with Gasteiger partial charge in [0.15, 0.2) is 0 Å². The molecule has 0 spiro atoms. The highest BCUT2D eigenvalue weighted by Gasteiger charge is 2.62. The summed E-state index contributed by atoms with van der Waals surface area (Å²) in [6.07, 6.45) is 9.18. The summed E-state index contributed by atoms with van der Waals surface area (Å²) in [4.78, 5) is 67.3. The number of nitrogens with one attached hydrogen (secondary N) is 1. The third kappa shape index (κ3) is 11.9. The number of rotatable bonds is 16. The Labute approximate surface area is 349 Å². The third-order valence-corrected chi connectivity index (χ3v) is 15.9. The molecule has 7 N–H and O–H groups in total. The van der Waals surface area contributed by atoms with Crippen LogP contribution in [-0.4, -0.2) is 177 Å². The van der Waals surface area contributed by atoms with Crippen LogP contribution in [0.2, 0.25) is 0 Å². The van der Waals surface area contributed by atoms with Crippen molar-refractivity contribution in [3.05, 3.63) is 0 Å². The molecule has 4 saturated carbocycles. The lowest BCUT2D eigenvalue weighted by atomic mass is 9.43. The molecule has 4 aliphatic carbocycles. The van der Waals surface area contributed by atoms with E-state index in [2.05, 4.69) is 26.1 Å². The average molecular weight is 836 g/mol. The monoisotopic (exact) mass is 836 g/mol. The second-order valence-corrected chi connectivity index (χ2v) is 19.4. The molecule has 5 aliphatic rings. The minimum atomic E-state index is -1.05. The smallest absolute Gasteiger partial charge is 0.320 e. The molecule has 0 bridgehead atoms. The van der Waals surface area contributed by atoms with Crippen molar-refractivity contribution >= 4 is 29.8 Å². The Morgan fingerprint density at radius 3 is 1.75 bits per heavy atom. The number of carboxylic acid groups (broad SMARTS) is 4. The molecule has 0 aromatic rings. The van der Waals surface area contributed by atoms with E-state index in [9.17, 15) is 54.6 Å². The maximum atomic E-state index is 13.1. The number of hydrogen-bond donors (Lipinski definition) is 7. The van der Waals surface area contributed by atoms with E-state index in [1.807, 2.05) is 0 Å². The Kier molecular flexibility index (Phi) is 16.6. The molecule has 16 heteroatoms. The van der Waals surface area contributed by atoms with Crippen molar-refractivity contribution in [1.82, 2.24) is 24.9 Å². The summed E-state index contributed by atoms with van der Waals surface area (Å²) >= 11 is 0. The lowest BCUT2D eigenvalue weighted by Gasteiger charge is -2.62. The topological polar surface area (TPSA) is 232 Å². The number of aliphatic carboxylic acids is 4. The maximum Gasteiger partial charge on any atom is 0.320 e. The van der Waals surface area contributed by atoms with Crippen LogP contribution < -0.4 is 5.32 Å². The first-order valence-corrected chi connectivity index (χ1v) is 22.3. The molecule has 11 atom stereocenters. The number of carbonyl (C=O) groups is 5. The van der Waals surface area contributed by atoms with Crippen LogP contribution in [0.5, 0.6) is 0 Å². The predicted octanol–water partition coefficient (Wildman–Crippen LogP) is 2.22. The molecule has 5 rings (SSSR count). The van der Waals surface area contributed by atoms with Crippen molar-refractivity contribution in [2.24, 2.45) is 46.3 Å². The maximum absolute atomic E-state index is 13.1. The van der Waals surface area contributed by atoms with Gasteiger partial charge in [-0.25, -0.2) is 0 Å². The van der Waals surface area contributed by atoms with Crippen LogP contribution in [0.15, 0.2) is 0 Å². The van der Waals surface area contributed by atoms with Gasteiger partial charge in [0, 0.05) is 65.3 Å². The molecule has 336 valence electrons. The van der Waals surface area contributed by atoms with Crippen LogP contribution in [0.25, 0.3) is 0 Å². The van der Waals surface area contributed by atoms with Crippen molar-refractivity contribution in [3.8, 4) is 0 Å². The second-order valence-electron chi connectivity index (χ2n) is 19.4. The normalized spacial score (nSPS) is 35.2. The zero-order valence-electron chi connectivity index (χ0n) is 35.7. The zero-order valence-corrected chi connectivity index (χ0v) is 35.7. The average Bonchev–Trinajstić information content (AvgIpc) is 3.51. The molecule has 4 unspecified atom stereocenters. The minimum absolute atomic E-state index is 0.0647. The quantitative estimate of drug-likeness (QED) is 0.111. The molecule has 1 amide bonds. The molecule has 0 radical (unpaired) electrons. The van der Waals surface area contributed by atoms with Gasteiger partial charge in [-0.05, 0) is 117 Å². The Balaban J connectivity index is 1.12. The fourth-order valence-electron chi connectivity index (χ4n) is 12.7. The molecular weight excluding hydrogens is 762 g/mol. The number of aliphatic hydroxyl groups excluding tert-OH is 2. The molecule has 16 nitrogen and oxygen atoms in total. The largest absolute Gasteiger partial charge is 0.480 e. The summed E-state index contributed by atoms with van der Waals surface area (Å²) in [6, 6.07) is -0.941. The molecule has 0 aromatic carbocycles. The molecule has 0 aromatic heterocycles. The first kappa shape index (κ1) is 47.2. The van der Waals surface area contributed by atoms with E-state index < -0.39 is 29.9 Å². The molecule has 1 heterocycles. The van der Waals surface area contributed by atoms with E-state index in [4.69, 9.17) is 0 Å². The van der Waals surface area contributed by atoms with Crippen LogP contribution in [0.4, 0.5) is 0 Å². The standard InChI is InChI=1S/C43H73N5O11/c1-28(31-7-8-32-40-33(11-13-43(31,32)3)42(2)12-10-30(49)23-29(42)24-35(40)50)6-9-36(51)44-14-4-5-34(41(58)59)48-21-19-46(26-38(54)55)17-15-45(25-37(52)53)16-18-47(20-22-48)27-39(56)57/h28-35,40,49-50H,4-27H2,1-3H3,(H,44,51)(H,52,53)(H,54,55)(H,56,57)(H,58,59)/t28-,29-,30?,31-,32?,33-,34?,35?,40-,42-,43+/m1/s1. The van der Waals surface area contributed by atoms with Gasteiger partial charge < -0.3 is 36.0 Å². The van der Waals surface area contributed by atoms with Gasteiger partial charge in [0.2, 0.25) is 5.91 Å². The number of amides is 1. The first-order chi connectivity index (χ1) is 27.9. The Bertz CT molecular complexity index is 1440. The van der Waals surface area contributed by atoms with E-state index in [1.165, 1.54) is 0 Å². The Morgan fingerprint density at radius 2 is 1.20 bits per heavy atom. The fourth-order valence-corrected chi connectivity index (χ4v) is 12.7. The van der Waals surface area contributed by atoms with Crippen LogP contribution in [0.1, 0.15) is 97.8 Å². The van der Waals surface area contributed by atoms with E-state index >= 15 is 0 Å². The zero-order chi connectivity index (χ0) is 43.1. The van der Waals surface area contributed by atoms with Gasteiger partial charge in [-0.1, -0.05) is 20.8 Å². The van der Waals surface area contributed by atoms with Gasteiger partial charge in [-0.15, -0.1) is 0 Å². The van der Waals surface area contributed by atoms with Crippen LogP contribution in [0, 0.1) is 46.3 Å². The van der Waals surface area contributed by atoms with Crippen LogP contribution in [0.3, 0.4) is 0 Å². The van der Waals surface area contributed by atoms with Crippen molar-refractivity contribution in [2.75, 3.05) is 78.5 Å². The van der Waals surface area contributed by atoms with Crippen molar-refractivity contribution in [2.45, 2.75) is 116 Å². The van der Waals surface area contributed by atoms with Crippen LogP contribution in [-0.2, 0) is 24.0 Å². The summed E-state index contributed by atoms with van der Waals surface area (Å²) in [7, 11) is 0. The number of carboxylic acids is 4. The van der Waals surface area contributed by atoms with Crippen LogP contribution >= 0.6 is 0 Å². The number of hydrogen-bond acceptors (Lipinski definition) is 11. The molecular formula is C43H73N5O11. The predicted molar refractivity (Wildman–Crippen MR) is 218 cm³/mol. The van der Waals surface area contributed by atoms with Gasteiger partial charge in [-0.3, -0.25) is 43.6 Å². The lowest BCUT2D eigenvalue weighted by molar-refractivity contribution is -0.174. The van der Waals surface area contributed by atoms with E-state index in [0.29, 0.717) is 54.9 Å². The molecule has 1 aliphatic heterocycles. The van der Waals surface area contributed by atoms with Crippen molar-refractivity contribution in [1.29, 1.82) is 0 Å². The summed E-state index contributed by atoms with van der Waals surface area (Å²) in [5.41, 5.74) is 0.308. The van der Waals surface area contributed by atoms with E-state index in [1.54, 1.807) is 19.6 Å². The van der Waals surface area contributed by atoms with Crippen molar-refractivity contribution < 1.29 is 54.6 Å². The summed E-state index contributed by atoms with van der Waals surface area (Å²) in [6.45, 7) is 8.43. The van der Waals surface area contributed by atoms with Gasteiger partial charge in [0.05, 0.1) is 31.8 Å². The number of nitrogens with zero attached hydrogens (tertiary/aromatic N) is 4. The number of fused-ring (bicyclic) bond motifs is 5. The Hall–Kier alpha value is -2.89. The lowest BCUT2D eigenvalue weighted by Crippen LogP contribution is -2.58. The number of carbonyl (C=O) groups excluding carboxylic acids is 1. The SMILES string of the molecule is C[C@H](CCC(=O)NCCCC(C(=O)O)N1CCN(CC(=O)O)CCN(CC(=O)O)CCN(CC(=O)O)CC1)[C@H]1CCC2[C@H]3C(O)C[C@H]4CC(O)CC[C@@]4(C)[C@@H]3CC[C@]21C. The van der Waals surface area contributed by atoms with E-state index in [0.717, 1.165) is 57.8 Å². The highest BCUT2D eigenvalue weighted by atomic mass is 16.4. The minimum Gasteiger partial charge on any atom is -0.480 e. The Morgan fingerprint density at radius 1 is 0.678 bits per heavy atom. The molecule has 5 fully saturated rings. The van der Waals surface area contributed by atoms with E-state index in [-0.39, 0.29) is 107 Å². The third-order valence-electron chi connectivity index (χ3n) is 15.9. The van der Waals surface area contributed by atoms with Gasteiger partial charge in [-0.2, -0.15) is 0 Å². The number of aliphatic hydroxyl groups is 2. The highest BCUT2D eigenvalue weighted by molar-refractivity contribution is 5.76. The first-order valence-electron chi connectivity index (χ1n) is 22.3. The van der Waals surface area contributed by atoms with Crippen molar-refractivity contribution in [3.63, 3.8) is 0 Å². The summed E-state index contributed by atoms with van der Waals surface area (Å²) in [5.74, 6) is -1.81.